The van der Waals surface area contributed by atoms with Crippen molar-refractivity contribution in [2.45, 2.75) is 19.5 Å². The average molecular weight is 422 g/mol. The fourth-order valence-corrected chi connectivity index (χ4v) is 3.64. The highest BCUT2D eigenvalue weighted by molar-refractivity contribution is 6.31. The summed E-state index contributed by atoms with van der Waals surface area (Å²) in [7, 11) is 1.57. The Morgan fingerprint density at radius 1 is 1.07 bits per heavy atom. The van der Waals surface area contributed by atoms with Crippen LogP contribution >= 0.6 is 23.2 Å². The molecule has 1 aliphatic rings. The lowest BCUT2D eigenvalue weighted by molar-refractivity contribution is -0.121. The minimum atomic E-state index is -0.235. The predicted molar refractivity (Wildman–Crippen MR) is 114 cm³/mol. The third-order valence-corrected chi connectivity index (χ3v) is 5.56. The van der Waals surface area contributed by atoms with Gasteiger partial charge in [-0.3, -0.25) is 14.6 Å². The SMILES string of the molecule is COc1ccc(Cl)cc1NC(=O)[C@@H](C)N1CCN(Cc2ccc(Cl)cc2)CC1. The second kappa shape index (κ2) is 9.61. The molecule has 150 valence electrons. The highest BCUT2D eigenvalue weighted by Gasteiger charge is 2.26. The van der Waals surface area contributed by atoms with Gasteiger partial charge in [-0.2, -0.15) is 0 Å². The number of rotatable bonds is 6. The Labute approximate surface area is 176 Å². The number of hydrogen-bond donors (Lipinski definition) is 1. The first-order chi connectivity index (χ1) is 13.5. The van der Waals surface area contributed by atoms with E-state index in [1.54, 1.807) is 25.3 Å². The zero-order valence-electron chi connectivity index (χ0n) is 16.1. The van der Waals surface area contributed by atoms with E-state index in [1.165, 1.54) is 5.56 Å². The molecule has 0 spiro atoms. The Hall–Kier alpha value is -1.79. The van der Waals surface area contributed by atoms with E-state index in [0.717, 1.165) is 37.7 Å². The number of piperazine rings is 1. The van der Waals surface area contributed by atoms with Crippen LogP contribution in [0, 0.1) is 0 Å². The van der Waals surface area contributed by atoms with Crippen LogP contribution in [0.1, 0.15) is 12.5 Å². The van der Waals surface area contributed by atoms with Crippen molar-refractivity contribution in [3.8, 4) is 5.75 Å². The number of ether oxygens (including phenoxy) is 1. The highest BCUT2D eigenvalue weighted by atomic mass is 35.5. The number of nitrogens with one attached hydrogen (secondary N) is 1. The lowest BCUT2D eigenvalue weighted by atomic mass is 10.1. The van der Waals surface area contributed by atoms with Crippen molar-refractivity contribution < 1.29 is 9.53 Å². The van der Waals surface area contributed by atoms with Crippen LogP contribution in [0.25, 0.3) is 0 Å². The first kappa shape index (κ1) is 20.9. The van der Waals surface area contributed by atoms with Crippen LogP contribution in [-0.4, -0.2) is 55.0 Å². The maximum absolute atomic E-state index is 12.7. The van der Waals surface area contributed by atoms with Gasteiger partial charge < -0.3 is 10.1 Å². The Kier molecular flexibility index (Phi) is 7.18. The van der Waals surface area contributed by atoms with Gasteiger partial charge in [-0.25, -0.2) is 0 Å². The van der Waals surface area contributed by atoms with Gasteiger partial charge in [0.05, 0.1) is 18.8 Å². The molecule has 1 saturated heterocycles. The monoisotopic (exact) mass is 421 g/mol. The molecule has 1 heterocycles. The highest BCUT2D eigenvalue weighted by Crippen LogP contribution is 2.28. The first-order valence-electron chi connectivity index (χ1n) is 9.31. The van der Waals surface area contributed by atoms with Gasteiger partial charge >= 0.3 is 0 Å². The molecule has 1 atom stereocenters. The molecule has 28 heavy (non-hydrogen) atoms. The second-order valence-corrected chi connectivity index (χ2v) is 7.82. The Morgan fingerprint density at radius 2 is 1.71 bits per heavy atom. The smallest absolute Gasteiger partial charge is 0.241 e. The zero-order valence-corrected chi connectivity index (χ0v) is 17.6. The molecule has 1 fully saturated rings. The zero-order chi connectivity index (χ0) is 20.1. The summed E-state index contributed by atoms with van der Waals surface area (Å²) < 4.78 is 5.30. The summed E-state index contributed by atoms with van der Waals surface area (Å²) in [5.41, 5.74) is 1.84. The van der Waals surface area contributed by atoms with Crippen LogP contribution in [-0.2, 0) is 11.3 Å². The molecule has 0 radical (unpaired) electrons. The van der Waals surface area contributed by atoms with E-state index < -0.39 is 0 Å². The van der Waals surface area contributed by atoms with Gasteiger partial charge in [0.2, 0.25) is 5.91 Å². The number of benzene rings is 2. The Bertz CT molecular complexity index is 806. The molecule has 2 aromatic rings. The summed E-state index contributed by atoms with van der Waals surface area (Å²) in [6.45, 7) is 6.34. The average Bonchev–Trinajstić information content (AvgIpc) is 2.70. The lowest BCUT2D eigenvalue weighted by Gasteiger charge is -2.37. The number of amides is 1. The molecule has 0 saturated carbocycles. The number of anilines is 1. The third-order valence-electron chi connectivity index (χ3n) is 5.07. The summed E-state index contributed by atoms with van der Waals surface area (Å²) in [4.78, 5) is 17.3. The maximum Gasteiger partial charge on any atom is 0.241 e. The van der Waals surface area contributed by atoms with E-state index in [1.807, 2.05) is 19.1 Å². The molecule has 5 nitrogen and oxygen atoms in total. The van der Waals surface area contributed by atoms with E-state index in [9.17, 15) is 4.79 Å². The van der Waals surface area contributed by atoms with E-state index in [-0.39, 0.29) is 11.9 Å². The number of carbonyl (C=O) groups excluding carboxylic acids is 1. The number of methoxy groups -OCH3 is 1. The Morgan fingerprint density at radius 3 is 2.36 bits per heavy atom. The van der Waals surface area contributed by atoms with Gasteiger partial charge in [0, 0.05) is 42.8 Å². The molecule has 0 unspecified atom stereocenters. The first-order valence-corrected chi connectivity index (χ1v) is 10.1. The minimum Gasteiger partial charge on any atom is -0.495 e. The fourth-order valence-electron chi connectivity index (χ4n) is 3.34. The molecule has 0 aromatic heterocycles. The fraction of sp³-hybridized carbons (Fsp3) is 0.381. The van der Waals surface area contributed by atoms with Gasteiger partial charge in [-0.15, -0.1) is 0 Å². The number of nitrogens with zero attached hydrogens (tertiary/aromatic N) is 2. The standard InChI is InChI=1S/C21H25Cl2N3O2/c1-15(21(27)24-19-13-18(23)7-8-20(19)28-2)26-11-9-25(10-12-26)14-16-3-5-17(22)6-4-16/h3-8,13,15H,9-12,14H2,1-2H3,(H,24,27)/t15-/m1/s1. The molecule has 1 amide bonds. The quantitative estimate of drug-likeness (QED) is 0.760. The number of halogens is 2. The van der Waals surface area contributed by atoms with E-state index in [4.69, 9.17) is 27.9 Å². The van der Waals surface area contributed by atoms with Gasteiger partial charge in [-0.1, -0.05) is 35.3 Å². The minimum absolute atomic E-state index is 0.0632. The second-order valence-electron chi connectivity index (χ2n) is 6.95. The normalized spacial score (nSPS) is 16.6. The summed E-state index contributed by atoms with van der Waals surface area (Å²) in [6.07, 6.45) is 0. The van der Waals surface area contributed by atoms with Crippen molar-refractivity contribution in [2.75, 3.05) is 38.6 Å². The molecule has 0 bridgehead atoms. The van der Waals surface area contributed by atoms with Crippen LogP contribution in [0.5, 0.6) is 5.75 Å². The van der Waals surface area contributed by atoms with Crippen molar-refractivity contribution >= 4 is 34.8 Å². The van der Waals surface area contributed by atoms with E-state index in [2.05, 4.69) is 27.2 Å². The van der Waals surface area contributed by atoms with Crippen LogP contribution in [0.4, 0.5) is 5.69 Å². The molecular weight excluding hydrogens is 397 g/mol. The molecule has 1 aliphatic heterocycles. The molecule has 0 aliphatic carbocycles. The molecule has 3 rings (SSSR count). The van der Waals surface area contributed by atoms with Crippen LogP contribution < -0.4 is 10.1 Å². The number of carbonyl (C=O) groups is 1. The summed E-state index contributed by atoms with van der Waals surface area (Å²) >= 11 is 12.0. The summed E-state index contributed by atoms with van der Waals surface area (Å²) in [5, 5.41) is 4.25. The van der Waals surface area contributed by atoms with Crippen molar-refractivity contribution in [1.29, 1.82) is 0 Å². The van der Waals surface area contributed by atoms with Crippen LogP contribution in [0.2, 0.25) is 10.0 Å². The molecule has 1 N–H and O–H groups in total. The predicted octanol–water partition coefficient (Wildman–Crippen LogP) is 4.15. The Balaban J connectivity index is 1.53. The molecule has 7 heteroatoms. The summed E-state index contributed by atoms with van der Waals surface area (Å²) in [5.74, 6) is 0.532. The lowest BCUT2D eigenvalue weighted by Crippen LogP contribution is -2.52. The maximum atomic E-state index is 12.7. The summed E-state index contributed by atoms with van der Waals surface area (Å²) in [6, 6.07) is 12.9. The number of hydrogen-bond acceptors (Lipinski definition) is 4. The van der Waals surface area contributed by atoms with Crippen LogP contribution in [0.3, 0.4) is 0 Å². The van der Waals surface area contributed by atoms with Crippen molar-refractivity contribution in [3.05, 3.63) is 58.1 Å². The van der Waals surface area contributed by atoms with Gasteiger partial charge in [0.1, 0.15) is 5.75 Å². The van der Waals surface area contributed by atoms with Crippen molar-refractivity contribution in [1.82, 2.24) is 9.80 Å². The third kappa shape index (κ3) is 5.39. The van der Waals surface area contributed by atoms with E-state index >= 15 is 0 Å². The van der Waals surface area contributed by atoms with E-state index in [0.29, 0.717) is 16.5 Å². The van der Waals surface area contributed by atoms with Crippen molar-refractivity contribution in [2.24, 2.45) is 0 Å². The topological polar surface area (TPSA) is 44.8 Å². The largest absolute Gasteiger partial charge is 0.495 e. The molecule has 2 aromatic carbocycles. The van der Waals surface area contributed by atoms with Crippen LogP contribution in [0.15, 0.2) is 42.5 Å². The van der Waals surface area contributed by atoms with Crippen molar-refractivity contribution in [3.63, 3.8) is 0 Å². The van der Waals surface area contributed by atoms with Gasteiger partial charge in [0.25, 0.3) is 0 Å². The van der Waals surface area contributed by atoms with Gasteiger partial charge in [-0.05, 0) is 42.8 Å². The molecular formula is C21H25Cl2N3O2. The van der Waals surface area contributed by atoms with Gasteiger partial charge in [0.15, 0.2) is 0 Å².